The van der Waals surface area contributed by atoms with Gasteiger partial charge in [-0.25, -0.2) is 4.79 Å². The molecule has 0 unspecified atom stereocenters. The lowest BCUT2D eigenvalue weighted by atomic mass is 10.1. The molecule has 1 aliphatic rings. The first kappa shape index (κ1) is 11.6. The van der Waals surface area contributed by atoms with Crippen molar-refractivity contribution in [2.24, 2.45) is 0 Å². The van der Waals surface area contributed by atoms with E-state index in [-0.39, 0.29) is 11.6 Å². The molecule has 0 bridgehead atoms. The molecule has 1 aromatic rings. The summed E-state index contributed by atoms with van der Waals surface area (Å²) in [6, 6.07) is 0.0302. The van der Waals surface area contributed by atoms with E-state index in [0.717, 1.165) is 25.6 Å². The van der Waals surface area contributed by atoms with Crippen molar-refractivity contribution < 1.29 is 4.79 Å². The number of H-pyrrole nitrogens is 2. The molecule has 0 aromatic carbocycles. The highest BCUT2D eigenvalue weighted by Crippen LogP contribution is 2.01. The lowest BCUT2D eigenvalue weighted by Gasteiger charge is -2.23. The standard InChI is InChI=1S/C10H14N4O3/c15-8(13-6-2-1-3-11-4-6)7-5-12-10(17)14-9(7)16/h5-6,11H,1-4H2,(H,13,15)(H2,12,14,16,17)/t6-/m0/s1. The molecule has 1 amide bonds. The molecule has 0 aliphatic carbocycles. The predicted octanol–water partition coefficient (Wildman–Crippen LogP) is -1.45. The van der Waals surface area contributed by atoms with Crippen LogP contribution in [0.3, 0.4) is 0 Å². The molecule has 0 radical (unpaired) electrons. The van der Waals surface area contributed by atoms with Crippen LogP contribution < -0.4 is 21.9 Å². The van der Waals surface area contributed by atoms with E-state index in [2.05, 4.69) is 15.6 Å². The van der Waals surface area contributed by atoms with Crippen LogP contribution in [0.2, 0.25) is 0 Å². The topological polar surface area (TPSA) is 107 Å². The average molecular weight is 238 g/mol. The summed E-state index contributed by atoms with van der Waals surface area (Å²) in [7, 11) is 0. The van der Waals surface area contributed by atoms with Crippen molar-refractivity contribution >= 4 is 5.91 Å². The van der Waals surface area contributed by atoms with Gasteiger partial charge < -0.3 is 15.6 Å². The summed E-state index contributed by atoms with van der Waals surface area (Å²) in [6.07, 6.45) is 3.01. The van der Waals surface area contributed by atoms with Gasteiger partial charge in [-0.2, -0.15) is 0 Å². The molecule has 7 heteroatoms. The van der Waals surface area contributed by atoms with E-state index in [1.54, 1.807) is 0 Å². The zero-order valence-electron chi connectivity index (χ0n) is 9.21. The molecular formula is C10H14N4O3. The van der Waals surface area contributed by atoms with Crippen molar-refractivity contribution in [1.29, 1.82) is 0 Å². The molecule has 1 atom stereocenters. The minimum Gasteiger partial charge on any atom is -0.348 e. The molecule has 2 heterocycles. The Morgan fingerprint density at radius 2 is 2.24 bits per heavy atom. The van der Waals surface area contributed by atoms with Crippen LogP contribution in [0.4, 0.5) is 0 Å². The van der Waals surface area contributed by atoms with Crippen LogP contribution in [0.1, 0.15) is 23.2 Å². The quantitative estimate of drug-likeness (QED) is 0.505. The van der Waals surface area contributed by atoms with Gasteiger partial charge in [-0.15, -0.1) is 0 Å². The number of aromatic nitrogens is 2. The van der Waals surface area contributed by atoms with Crippen LogP contribution in [0.5, 0.6) is 0 Å². The molecule has 1 aromatic heterocycles. The predicted molar refractivity (Wildman–Crippen MR) is 61.0 cm³/mol. The van der Waals surface area contributed by atoms with Gasteiger partial charge in [0, 0.05) is 18.8 Å². The normalized spacial score (nSPS) is 19.9. The summed E-state index contributed by atoms with van der Waals surface area (Å²) in [5.74, 6) is -0.462. The fourth-order valence-corrected chi connectivity index (χ4v) is 1.82. The minimum absolute atomic E-state index is 0.0302. The van der Waals surface area contributed by atoms with Crippen LogP contribution in [-0.2, 0) is 0 Å². The number of carbonyl (C=O) groups is 1. The Labute approximate surface area is 96.6 Å². The van der Waals surface area contributed by atoms with Crippen molar-refractivity contribution in [3.63, 3.8) is 0 Å². The zero-order chi connectivity index (χ0) is 12.3. The number of hydrogen-bond acceptors (Lipinski definition) is 4. The van der Waals surface area contributed by atoms with Crippen molar-refractivity contribution in [2.75, 3.05) is 13.1 Å². The van der Waals surface area contributed by atoms with Crippen molar-refractivity contribution in [1.82, 2.24) is 20.6 Å². The maximum Gasteiger partial charge on any atom is 0.325 e. The maximum absolute atomic E-state index is 11.8. The van der Waals surface area contributed by atoms with Gasteiger partial charge in [-0.05, 0) is 19.4 Å². The van der Waals surface area contributed by atoms with Crippen LogP contribution in [0.15, 0.2) is 15.8 Å². The smallest absolute Gasteiger partial charge is 0.325 e. The van der Waals surface area contributed by atoms with Gasteiger partial charge in [0.05, 0.1) is 0 Å². The van der Waals surface area contributed by atoms with E-state index < -0.39 is 17.2 Å². The molecule has 1 saturated heterocycles. The van der Waals surface area contributed by atoms with E-state index in [1.165, 1.54) is 0 Å². The van der Waals surface area contributed by atoms with Gasteiger partial charge in [0.2, 0.25) is 0 Å². The minimum atomic E-state index is -0.671. The Hall–Kier alpha value is -1.89. The third-order valence-corrected chi connectivity index (χ3v) is 2.70. The van der Waals surface area contributed by atoms with Crippen molar-refractivity contribution in [3.8, 4) is 0 Å². The van der Waals surface area contributed by atoms with Gasteiger partial charge in [-0.1, -0.05) is 0 Å². The van der Waals surface area contributed by atoms with E-state index in [9.17, 15) is 14.4 Å². The van der Waals surface area contributed by atoms with Gasteiger partial charge in [0.25, 0.3) is 11.5 Å². The van der Waals surface area contributed by atoms with Gasteiger partial charge in [-0.3, -0.25) is 14.6 Å². The Morgan fingerprint density at radius 1 is 1.41 bits per heavy atom. The highest BCUT2D eigenvalue weighted by molar-refractivity contribution is 5.93. The van der Waals surface area contributed by atoms with E-state index in [4.69, 9.17) is 0 Å². The van der Waals surface area contributed by atoms with Gasteiger partial charge in [0.15, 0.2) is 0 Å². The van der Waals surface area contributed by atoms with Crippen LogP contribution in [0.25, 0.3) is 0 Å². The number of carbonyl (C=O) groups excluding carboxylic acids is 1. The molecule has 17 heavy (non-hydrogen) atoms. The fourth-order valence-electron chi connectivity index (χ4n) is 1.82. The molecule has 0 saturated carbocycles. The summed E-state index contributed by atoms with van der Waals surface area (Å²) in [4.78, 5) is 38.2. The lowest BCUT2D eigenvalue weighted by molar-refractivity contribution is 0.0928. The molecule has 92 valence electrons. The molecule has 1 fully saturated rings. The van der Waals surface area contributed by atoms with Gasteiger partial charge >= 0.3 is 5.69 Å². The second kappa shape index (κ2) is 4.96. The monoisotopic (exact) mass is 238 g/mol. The zero-order valence-corrected chi connectivity index (χ0v) is 9.21. The first-order chi connectivity index (χ1) is 8.16. The molecule has 2 rings (SSSR count). The van der Waals surface area contributed by atoms with E-state index in [1.807, 2.05) is 4.98 Å². The second-order valence-corrected chi connectivity index (χ2v) is 4.00. The molecule has 0 spiro atoms. The Morgan fingerprint density at radius 3 is 2.88 bits per heavy atom. The number of aromatic amines is 2. The summed E-state index contributed by atoms with van der Waals surface area (Å²) < 4.78 is 0. The molecule has 7 nitrogen and oxygen atoms in total. The average Bonchev–Trinajstić information content (AvgIpc) is 2.30. The van der Waals surface area contributed by atoms with Crippen LogP contribution in [0, 0.1) is 0 Å². The summed E-state index contributed by atoms with van der Waals surface area (Å²) >= 11 is 0. The third-order valence-electron chi connectivity index (χ3n) is 2.70. The highest BCUT2D eigenvalue weighted by Gasteiger charge is 2.18. The van der Waals surface area contributed by atoms with E-state index in [0.29, 0.717) is 6.54 Å². The maximum atomic E-state index is 11.8. The van der Waals surface area contributed by atoms with Gasteiger partial charge in [0.1, 0.15) is 5.56 Å². The van der Waals surface area contributed by atoms with E-state index >= 15 is 0 Å². The summed E-state index contributed by atoms with van der Waals surface area (Å²) in [6.45, 7) is 1.65. The summed E-state index contributed by atoms with van der Waals surface area (Å²) in [5, 5.41) is 5.91. The highest BCUT2D eigenvalue weighted by atomic mass is 16.2. The number of amides is 1. The second-order valence-electron chi connectivity index (χ2n) is 4.00. The largest absolute Gasteiger partial charge is 0.348 e. The van der Waals surface area contributed by atoms with Crippen LogP contribution in [-0.4, -0.2) is 35.0 Å². The number of piperidine rings is 1. The molecule has 1 aliphatic heterocycles. The lowest BCUT2D eigenvalue weighted by Crippen LogP contribution is -2.47. The summed E-state index contributed by atoms with van der Waals surface area (Å²) in [5.41, 5.74) is -1.36. The first-order valence-electron chi connectivity index (χ1n) is 5.50. The van der Waals surface area contributed by atoms with Crippen LogP contribution >= 0.6 is 0 Å². The first-order valence-corrected chi connectivity index (χ1v) is 5.50. The Bertz CT molecular complexity index is 513. The number of nitrogens with one attached hydrogen (secondary N) is 4. The number of rotatable bonds is 2. The number of hydrogen-bond donors (Lipinski definition) is 4. The van der Waals surface area contributed by atoms with Crippen molar-refractivity contribution in [3.05, 3.63) is 32.6 Å². The fraction of sp³-hybridized carbons (Fsp3) is 0.500. The Balaban J connectivity index is 2.08. The molecular weight excluding hydrogens is 224 g/mol. The molecule has 4 N–H and O–H groups in total. The Kier molecular flexibility index (Phi) is 3.38. The third kappa shape index (κ3) is 2.82. The van der Waals surface area contributed by atoms with Crippen molar-refractivity contribution in [2.45, 2.75) is 18.9 Å². The SMILES string of the molecule is O=C(N[C@H]1CCCNC1)c1c[nH]c(=O)[nH]c1=O.